The van der Waals surface area contributed by atoms with Gasteiger partial charge in [-0.15, -0.1) is 26.3 Å². The molecule has 6 aromatic rings. The summed E-state index contributed by atoms with van der Waals surface area (Å²) in [6.45, 7) is 10.2. The second kappa shape index (κ2) is 20.2. The van der Waals surface area contributed by atoms with Gasteiger partial charge in [-0.3, -0.25) is 9.59 Å². The van der Waals surface area contributed by atoms with Crippen molar-refractivity contribution in [2.24, 2.45) is 0 Å². The van der Waals surface area contributed by atoms with Gasteiger partial charge in [0.05, 0.1) is 21.1 Å². The van der Waals surface area contributed by atoms with E-state index in [0.29, 0.717) is 21.8 Å². The van der Waals surface area contributed by atoms with Crippen LogP contribution in [0.25, 0.3) is 21.8 Å². The summed E-state index contributed by atoms with van der Waals surface area (Å²) in [4.78, 5) is 45.7. The summed E-state index contributed by atoms with van der Waals surface area (Å²) in [6, 6.07) is 19.1. The number of nitrogens with one attached hydrogen (secondary N) is 3. The van der Waals surface area contributed by atoms with Gasteiger partial charge in [-0.25, -0.2) is 9.97 Å². The van der Waals surface area contributed by atoms with Crippen molar-refractivity contribution in [2.75, 3.05) is 79.8 Å². The normalized spacial score (nSPS) is 15.7. The average molecular weight is 1000 g/mol. The Morgan fingerprint density at radius 3 is 1.43 bits per heavy atom. The number of carbonyl (C=O) groups is 2. The highest BCUT2D eigenvalue weighted by atomic mass is 35.5. The number of carbonyl (C=O) groups excluding carboxylic acids is 2. The Labute approximate surface area is 401 Å². The molecule has 4 aromatic carbocycles. The first kappa shape index (κ1) is 49.0. The molecule has 3 N–H and O–H groups in total. The minimum Gasteiger partial charge on any atom is -0.474 e. The Bertz CT molecular complexity index is 2880. The number of aromatic nitrogens is 2. The standard InChI is InChI=1S/C47H44Cl2F6N8O6/c1-26-20-40(62-14-12-56-13-15-62)59-36-8-4-28(22-32(26)36)57-44(64)42(66-38-10-6-30(24-34(38)48)68-46(50,51)52)43(67-39-11-7-31(25-35(39)49)69-47(53,54)55)45(65)58-29-5-9-37-33(23-29)27(2)21-41(60-37)63-18-16-61(3)17-19-63/h4-11,20-25,42-43,56H,12-19H2,1-3H3,(H,57,64)(H,58,65). The van der Waals surface area contributed by atoms with Gasteiger partial charge in [0, 0.05) is 86.6 Å². The van der Waals surface area contributed by atoms with E-state index in [2.05, 4.69) is 47.2 Å². The van der Waals surface area contributed by atoms with Crippen molar-refractivity contribution in [3.63, 3.8) is 0 Å². The number of halogens is 8. The van der Waals surface area contributed by atoms with Crippen LogP contribution < -0.4 is 44.7 Å². The quantitative estimate of drug-likeness (QED) is 0.0951. The predicted octanol–water partition coefficient (Wildman–Crippen LogP) is 9.14. The molecule has 0 spiro atoms. The van der Waals surface area contributed by atoms with Crippen molar-refractivity contribution in [3.8, 4) is 23.0 Å². The van der Waals surface area contributed by atoms with Crippen LogP contribution in [0.15, 0.2) is 84.9 Å². The van der Waals surface area contributed by atoms with Crippen molar-refractivity contribution in [1.82, 2.24) is 20.2 Å². The number of aryl methyl sites for hydroxylation is 2. The third kappa shape index (κ3) is 12.2. The zero-order chi connectivity index (χ0) is 49.2. The van der Waals surface area contributed by atoms with Crippen LogP contribution in [0.1, 0.15) is 11.1 Å². The molecule has 364 valence electrons. The van der Waals surface area contributed by atoms with E-state index < -0.39 is 58.3 Å². The fourth-order valence-electron chi connectivity index (χ4n) is 7.92. The number of piperazine rings is 2. The molecule has 2 atom stereocenters. The van der Waals surface area contributed by atoms with Gasteiger partial charge in [0.15, 0.2) is 0 Å². The number of fused-ring (bicyclic) bond motifs is 2. The summed E-state index contributed by atoms with van der Waals surface area (Å²) in [5, 5.41) is 9.26. The number of anilines is 4. The van der Waals surface area contributed by atoms with E-state index in [0.717, 1.165) is 112 Å². The number of ether oxygens (including phenoxy) is 4. The maximum absolute atomic E-state index is 14.7. The van der Waals surface area contributed by atoms with Crippen LogP contribution in [0.4, 0.5) is 49.4 Å². The van der Waals surface area contributed by atoms with Crippen LogP contribution in [-0.2, 0) is 9.59 Å². The molecule has 69 heavy (non-hydrogen) atoms. The number of likely N-dealkylation sites (N-methyl/N-ethyl adjacent to an activating group) is 1. The molecule has 0 aliphatic carbocycles. The molecule has 22 heteroatoms. The van der Waals surface area contributed by atoms with E-state index in [1.54, 1.807) is 36.4 Å². The minimum absolute atomic E-state index is 0.222. The lowest BCUT2D eigenvalue weighted by Gasteiger charge is -2.33. The SMILES string of the molecule is Cc1cc(N2CCNCC2)nc2ccc(NC(=O)C(Oc3ccc(OC(F)(F)F)cc3Cl)C(Oc3ccc(OC(F)(F)F)cc3Cl)C(=O)Nc3ccc4nc(N5CCN(C)CC5)cc(C)c4c3)cc12. The van der Waals surface area contributed by atoms with Crippen LogP contribution in [0.2, 0.25) is 10.0 Å². The van der Waals surface area contributed by atoms with Crippen LogP contribution in [0.3, 0.4) is 0 Å². The zero-order valence-electron chi connectivity index (χ0n) is 37.1. The molecule has 2 fully saturated rings. The Morgan fingerprint density at radius 1 is 0.609 bits per heavy atom. The van der Waals surface area contributed by atoms with Crippen molar-refractivity contribution in [3.05, 3.63) is 106 Å². The average Bonchev–Trinajstić information content (AvgIpc) is 3.28. The van der Waals surface area contributed by atoms with Crippen molar-refractivity contribution >= 4 is 79.8 Å². The summed E-state index contributed by atoms with van der Waals surface area (Å²) in [7, 11) is 2.05. The first-order valence-corrected chi connectivity index (χ1v) is 22.3. The molecule has 2 amide bonds. The van der Waals surface area contributed by atoms with Crippen molar-refractivity contribution in [2.45, 2.75) is 38.8 Å². The molecular formula is C47H44Cl2F6N8O6. The van der Waals surface area contributed by atoms with E-state index in [4.69, 9.17) is 42.6 Å². The summed E-state index contributed by atoms with van der Waals surface area (Å²) in [5.74, 6) is -2.65. The lowest BCUT2D eigenvalue weighted by molar-refractivity contribution is -0.275. The molecule has 0 saturated carbocycles. The molecule has 14 nitrogen and oxygen atoms in total. The maximum Gasteiger partial charge on any atom is 0.573 e. The number of benzene rings is 4. The predicted molar refractivity (Wildman–Crippen MR) is 250 cm³/mol. The van der Waals surface area contributed by atoms with Gasteiger partial charge < -0.3 is 49.6 Å². The van der Waals surface area contributed by atoms with E-state index in [-0.39, 0.29) is 22.9 Å². The van der Waals surface area contributed by atoms with E-state index in [9.17, 15) is 35.9 Å². The number of hydrogen-bond acceptors (Lipinski definition) is 12. The third-order valence-electron chi connectivity index (χ3n) is 11.4. The number of amides is 2. The van der Waals surface area contributed by atoms with Crippen LogP contribution in [0.5, 0.6) is 23.0 Å². The summed E-state index contributed by atoms with van der Waals surface area (Å²) in [5.41, 5.74) is 3.40. The molecule has 8 rings (SSSR count). The molecular weight excluding hydrogens is 957 g/mol. The number of alkyl halides is 6. The van der Waals surface area contributed by atoms with Gasteiger partial charge in [0.1, 0.15) is 34.6 Å². The molecule has 4 heterocycles. The highest BCUT2D eigenvalue weighted by molar-refractivity contribution is 6.32. The molecule has 2 aromatic heterocycles. The molecule has 0 radical (unpaired) electrons. The van der Waals surface area contributed by atoms with Crippen molar-refractivity contribution in [1.29, 1.82) is 0 Å². The first-order valence-electron chi connectivity index (χ1n) is 21.5. The molecule has 2 saturated heterocycles. The van der Waals surface area contributed by atoms with Gasteiger partial charge >= 0.3 is 12.7 Å². The Kier molecular flexibility index (Phi) is 14.4. The second-order valence-corrected chi connectivity index (χ2v) is 17.2. The van der Waals surface area contributed by atoms with Crippen LogP contribution in [-0.4, -0.2) is 111 Å². The number of hydrogen-bond donors (Lipinski definition) is 3. The Balaban J connectivity index is 1.16. The van der Waals surface area contributed by atoms with Gasteiger partial charge in [-0.2, -0.15) is 0 Å². The van der Waals surface area contributed by atoms with Crippen LogP contribution in [0, 0.1) is 13.8 Å². The van der Waals surface area contributed by atoms with Gasteiger partial charge in [-0.1, -0.05) is 23.2 Å². The second-order valence-electron chi connectivity index (χ2n) is 16.4. The Hall–Kier alpha value is -6.48. The molecule has 0 bridgehead atoms. The lowest BCUT2D eigenvalue weighted by atomic mass is 10.1. The summed E-state index contributed by atoms with van der Waals surface area (Å²) in [6.07, 6.45) is -14.3. The summed E-state index contributed by atoms with van der Waals surface area (Å²) >= 11 is 12.9. The fourth-order valence-corrected chi connectivity index (χ4v) is 8.35. The first-order chi connectivity index (χ1) is 32.7. The van der Waals surface area contributed by atoms with E-state index in [1.165, 1.54) is 0 Å². The zero-order valence-corrected chi connectivity index (χ0v) is 38.6. The maximum atomic E-state index is 14.7. The van der Waals surface area contributed by atoms with Gasteiger partial charge in [0.2, 0.25) is 12.2 Å². The van der Waals surface area contributed by atoms with Gasteiger partial charge in [-0.05, 0) is 105 Å². The van der Waals surface area contributed by atoms with E-state index >= 15 is 0 Å². The molecule has 2 unspecified atom stereocenters. The number of nitrogens with zero attached hydrogens (tertiary/aromatic N) is 5. The summed E-state index contributed by atoms with van der Waals surface area (Å²) < 4.78 is 99.2. The highest BCUT2D eigenvalue weighted by Crippen LogP contribution is 2.37. The highest BCUT2D eigenvalue weighted by Gasteiger charge is 2.40. The number of pyridine rings is 2. The number of rotatable bonds is 13. The molecule has 2 aliphatic rings. The van der Waals surface area contributed by atoms with Crippen molar-refractivity contribution < 1.29 is 54.9 Å². The third-order valence-corrected chi connectivity index (χ3v) is 12.0. The molecule has 2 aliphatic heterocycles. The fraction of sp³-hybridized carbons (Fsp3) is 0.319. The minimum atomic E-state index is -5.07. The van der Waals surface area contributed by atoms with Gasteiger partial charge in [0.25, 0.3) is 11.8 Å². The smallest absolute Gasteiger partial charge is 0.474 e. The Morgan fingerprint density at radius 2 is 1.03 bits per heavy atom. The largest absolute Gasteiger partial charge is 0.573 e. The lowest BCUT2D eigenvalue weighted by Crippen LogP contribution is -2.51. The van der Waals surface area contributed by atoms with E-state index in [1.807, 2.05) is 26.0 Å². The van der Waals surface area contributed by atoms with Crippen LogP contribution >= 0.6 is 23.2 Å². The monoisotopic (exact) mass is 1000 g/mol. The topological polar surface area (TPSA) is 143 Å².